The molecule has 2 heterocycles. The molecule has 2 atom stereocenters. The zero-order valence-electron chi connectivity index (χ0n) is 11.4. The predicted molar refractivity (Wildman–Crippen MR) is 72.4 cm³/mol. The lowest BCUT2D eigenvalue weighted by atomic mass is 9.99. The summed E-state index contributed by atoms with van der Waals surface area (Å²) in [6, 6.07) is 7.47. The van der Waals surface area contributed by atoms with Crippen LogP contribution in [0.25, 0.3) is 0 Å². The molecule has 4 heteroatoms. The minimum absolute atomic E-state index is 0.165. The van der Waals surface area contributed by atoms with Gasteiger partial charge in [-0.3, -0.25) is 4.68 Å². The molecule has 100 valence electrons. The number of aliphatic hydroxyl groups excluding tert-OH is 1. The first-order valence-corrected chi connectivity index (χ1v) is 6.51. The van der Waals surface area contributed by atoms with Crippen LogP contribution in [0, 0.1) is 20.8 Å². The average molecular weight is 258 g/mol. The van der Waals surface area contributed by atoms with Crippen LogP contribution < -0.4 is 4.74 Å². The fraction of sp³-hybridized carbons (Fsp3) is 0.400. The zero-order chi connectivity index (χ0) is 13.6. The van der Waals surface area contributed by atoms with Gasteiger partial charge in [0.05, 0.1) is 5.69 Å². The number of para-hydroxylation sites is 1. The SMILES string of the molecule is Cc1nn(C2COc3ccccc3C2O)c(C)c1C. The third-order valence-electron chi connectivity index (χ3n) is 4.01. The minimum atomic E-state index is -0.581. The maximum atomic E-state index is 10.6. The van der Waals surface area contributed by atoms with Gasteiger partial charge in [0.1, 0.15) is 24.5 Å². The molecular weight excluding hydrogens is 240 g/mol. The Morgan fingerprint density at radius 3 is 2.68 bits per heavy atom. The molecule has 1 N–H and O–H groups in total. The van der Waals surface area contributed by atoms with Gasteiger partial charge in [-0.15, -0.1) is 0 Å². The van der Waals surface area contributed by atoms with Crippen LogP contribution in [0.4, 0.5) is 0 Å². The smallest absolute Gasteiger partial charge is 0.125 e. The van der Waals surface area contributed by atoms with E-state index in [1.54, 1.807) is 0 Å². The van der Waals surface area contributed by atoms with Crippen LogP contribution in [0.5, 0.6) is 5.75 Å². The molecule has 0 spiro atoms. The predicted octanol–water partition coefficient (Wildman–Crippen LogP) is 2.48. The van der Waals surface area contributed by atoms with Crippen molar-refractivity contribution in [3.63, 3.8) is 0 Å². The van der Waals surface area contributed by atoms with Crippen LogP contribution in [0.3, 0.4) is 0 Å². The molecule has 3 rings (SSSR count). The van der Waals surface area contributed by atoms with E-state index in [1.807, 2.05) is 42.8 Å². The number of ether oxygens (including phenoxy) is 1. The fourth-order valence-electron chi connectivity index (χ4n) is 2.60. The lowest BCUT2D eigenvalue weighted by molar-refractivity contribution is 0.0496. The van der Waals surface area contributed by atoms with Crippen molar-refractivity contribution in [3.05, 3.63) is 46.8 Å². The third kappa shape index (κ3) is 1.83. The molecule has 1 aromatic carbocycles. The van der Waals surface area contributed by atoms with E-state index in [9.17, 15) is 5.11 Å². The molecule has 0 saturated carbocycles. The Morgan fingerprint density at radius 2 is 2.00 bits per heavy atom. The standard InChI is InChI=1S/C15H18N2O2/c1-9-10(2)16-17(11(9)3)13-8-19-14-7-5-4-6-12(14)15(13)18/h4-7,13,15,18H,8H2,1-3H3. The molecule has 0 aliphatic carbocycles. The lowest BCUT2D eigenvalue weighted by Crippen LogP contribution is -2.30. The number of rotatable bonds is 1. The first-order chi connectivity index (χ1) is 9.09. The van der Waals surface area contributed by atoms with Crippen LogP contribution in [-0.4, -0.2) is 21.5 Å². The number of benzene rings is 1. The van der Waals surface area contributed by atoms with Gasteiger partial charge in [0, 0.05) is 11.3 Å². The van der Waals surface area contributed by atoms with Gasteiger partial charge < -0.3 is 9.84 Å². The molecule has 4 nitrogen and oxygen atoms in total. The average Bonchev–Trinajstić information content (AvgIpc) is 2.67. The van der Waals surface area contributed by atoms with Gasteiger partial charge in [0.25, 0.3) is 0 Å². The van der Waals surface area contributed by atoms with Crippen LogP contribution in [0.2, 0.25) is 0 Å². The topological polar surface area (TPSA) is 47.3 Å². The van der Waals surface area contributed by atoms with Crippen molar-refractivity contribution in [2.45, 2.75) is 32.9 Å². The van der Waals surface area contributed by atoms with Gasteiger partial charge in [-0.1, -0.05) is 18.2 Å². The minimum Gasteiger partial charge on any atom is -0.491 e. The van der Waals surface area contributed by atoms with Crippen LogP contribution in [0.1, 0.15) is 34.7 Å². The monoisotopic (exact) mass is 258 g/mol. The Morgan fingerprint density at radius 1 is 1.26 bits per heavy atom. The van der Waals surface area contributed by atoms with E-state index in [0.29, 0.717) is 6.61 Å². The summed E-state index contributed by atoms with van der Waals surface area (Å²) in [7, 11) is 0. The summed E-state index contributed by atoms with van der Waals surface area (Å²) in [5.74, 6) is 0.768. The number of aromatic nitrogens is 2. The Hall–Kier alpha value is -1.81. The van der Waals surface area contributed by atoms with Crippen molar-refractivity contribution in [2.75, 3.05) is 6.61 Å². The summed E-state index contributed by atoms with van der Waals surface area (Å²) >= 11 is 0. The Labute approximate surface area is 112 Å². The highest BCUT2D eigenvalue weighted by Crippen LogP contribution is 2.38. The van der Waals surface area contributed by atoms with Gasteiger partial charge in [-0.2, -0.15) is 5.10 Å². The van der Waals surface area contributed by atoms with Gasteiger partial charge in [-0.05, 0) is 32.4 Å². The number of aryl methyl sites for hydroxylation is 1. The van der Waals surface area contributed by atoms with Gasteiger partial charge in [0.2, 0.25) is 0 Å². The molecular formula is C15H18N2O2. The quantitative estimate of drug-likeness (QED) is 0.854. The highest BCUT2D eigenvalue weighted by atomic mass is 16.5. The van der Waals surface area contributed by atoms with E-state index in [2.05, 4.69) is 12.0 Å². The number of fused-ring (bicyclic) bond motifs is 1. The maximum absolute atomic E-state index is 10.6. The van der Waals surface area contributed by atoms with Crippen molar-refractivity contribution >= 4 is 0 Å². The number of hydrogen-bond donors (Lipinski definition) is 1. The molecule has 0 saturated heterocycles. The van der Waals surface area contributed by atoms with Crippen LogP contribution in [-0.2, 0) is 0 Å². The van der Waals surface area contributed by atoms with Crippen molar-refractivity contribution in [3.8, 4) is 5.75 Å². The normalized spacial score (nSPS) is 21.9. The molecule has 0 radical (unpaired) electrons. The third-order valence-corrected chi connectivity index (χ3v) is 4.01. The molecule has 0 bridgehead atoms. The number of hydrogen-bond acceptors (Lipinski definition) is 3. The van der Waals surface area contributed by atoms with E-state index in [-0.39, 0.29) is 6.04 Å². The van der Waals surface area contributed by atoms with E-state index in [0.717, 1.165) is 22.7 Å². The fourth-order valence-corrected chi connectivity index (χ4v) is 2.60. The Kier molecular flexibility index (Phi) is 2.82. The van der Waals surface area contributed by atoms with Crippen molar-refractivity contribution in [2.24, 2.45) is 0 Å². The van der Waals surface area contributed by atoms with Crippen LogP contribution in [0.15, 0.2) is 24.3 Å². The molecule has 0 fully saturated rings. The first kappa shape index (κ1) is 12.2. The Bertz CT molecular complexity index is 619. The molecule has 1 aliphatic rings. The van der Waals surface area contributed by atoms with Crippen molar-refractivity contribution in [1.29, 1.82) is 0 Å². The second-order valence-corrected chi connectivity index (χ2v) is 5.10. The van der Waals surface area contributed by atoms with E-state index >= 15 is 0 Å². The molecule has 1 aliphatic heterocycles. The van der Waals surface area contributed by atoms with Gasteiger partial charge >= 0.3 is 0 Å². The van der Waals surface area contributed by atoms with Crippen LogP contribution >= 0.6 is 0 Å². The molecule has 2 aromatic rings. The van der Waals surface area contributed by atoms with Crippen molar-refractivity contribution < 1.29 is 9.84 Å². The summed E-state index contributed by atoms with van der Waals surface area (Å²) in [6.45, 7) is 6.52. The van der Waals surface area contributed by atoms with Gasteiger partial charge in [0.15, 0.2) is 0 Å². The second-order valence-electron chi connectivity index (χ2n) is 5.10. The second kappa shape index (κ2) is 4.38. The van der Waals surface area contributed by atoms with E-state index in [4.69, 9.17) is 4.74 Å². The zero-order valence-corrected chi connectivity index (χ0v) is 11.4. The summed E-state index contributed by atoms with van der Waals surface area (Å²) < 4.78 is 7.64. The molecule has 0 amide bonds. The molecule has 1 aromatic heterocycles. The molecule has 2 unspecified atom stereocenters. The van der Waals surface area contributed by atoms with Gasteiger partial charge in [-0.25, -0.2) is 0 Å². The lowest BCUT2D eigenvalue weighted by Gasteiger charge is -2.31. The molecule has 19 heavy (non-hydrogen) atoms. The number of nitrogens with zero attached hydrogens (tertiary/aromatic N) is 2. The summed E-state index contributed by atoms with van der Waals surface area (Å²) in [5.41, 5.74) is 4.10. The number of aliphatic hydroxyl groups is 1. The van der Waals surface area contributed by atoms with E-state index < -0.39 is 6.10 Å². The van der Waals surface area contributed by atoms with E-state index in [1.165, 1.54) is 5.56 Å². The Balaban J connectivity index is 2.02. The first-order valence-electron chi connectivity index (χ1n) is 6.51. The summed E-state index contributed by atoms with van der Waals surface area (Å²) in [5, 5.41) is 15.1. The summed E-state index contributed by atoms with van der Waals surface area (Å²) in [6.07, 6.45) is -0.581. The largest absolute Gasteiger partial charge is 0.491 e. The van der Waals surface area contributed by atoms with Crippen molar-refractivity contribution in [1.82, 2.24) is 9.78 Å². The maximum Gasteiger partial charge on any atom is 0.125 e. The summed E-state index contributed by atoms with van der Waals surface area (Å²) in [4.78, 5) is 0. The highest BCUT2D eigenvalue weighted by molar-refractivity contribution is 5.37. The highest BCUT2D eigenvalue weighted by Gasteiger charge is 2.32.